The number of rotatable bonds is 16. The van der Waals surface area contributed by atoms with Crippen LogP contribution in [0.4, 0.5) is 8.78 Å². The van der Waals surface area contributed by atoms with E-state index in [0.717, 1.165) is 12.8 Å². The predicted molar refractivity (Wildman–Crippen MR) is 154 cm³/mol. The van der Waals surface area contributed by atoms with Gasteiger partial charge >= 0.3 is 0 Å². The Hall–Kier alpha value is -2.12. The maximum absolute atomic E-state index is 15.5. The van der Waals surface area contributed by atoms with E-state index in [1.54, 1.807) is 4.80 Å². The first-order valence-corrected chi connectivity index (χ1v) is 15.7. The maximum atomic E-state index is 15.5. The Balaban J connectivity index is 1.63. The molecule has 3 heterocycles. The van der Waals surface area contributed by atoms with Gasteiger partial charge in [-0.3, -0.25) is 0 Å². The van der Waals surface area contributed by atoms with E-state index in [4.69, 9.17) is 10.2 Å². The molecule has 0 saturated carbocycles. The monoisotopic (exact) mass is 543 g/mol. The molecule has 0 saturated heterocycles. The van der Waals surface area contributed by atoms with Crippen LogP contribution in [0.1, 0.15) is 90.9 Å². The zero-order valence-corrected chi connectivity index (χ0v) is 23.8. The highest BCUT2D eigenvalue weighted by Gasteiger charge is 2.27. The fourth-order valence-corrected chi connectivity index (χ4v) is 6.65. The molecule has 0 amide bonds. The van der Waals surface area contributed by atoms with E-state index < -0.39 is 11.6 Å². The minimum absolute atomic E-state index is 0.226. The Morgan fingerprint density at radius 1 is 0.703 bits per heavy atom. The van der Waals surface area contributed by atoms with Gasteiger partial charge in [0.25, 0.3) is 0 Å². The van der Waals surface area contributed by atoms with Gasteiger partial charge in [-0.05, 0) is 41.7 Å². The predicted octanol–water partition coefficient (Wildman–Crippen LogP) is 10.5. The molecule has 1 atom stereocenters. The molecule has 37 heavy (non-hydrogen) atoms. The highest BCUT2D eigenvalue weighted by Crippen LogP contribution is 2.41. The number of hydrogen-bond acceptors (Lipinski definition) is 4. The third-order valence-corrected chi connectivity index (χ3v) is 8.92. The van der Waals surface area contributed by atoms with E-state index in [2.05, 4.69) is 13.8 Å². The van der Waals surface area contributed by atoms with Gasteiger partial charge in [0.05, 0.1) is 17.7 Å². The van der Waals surface area contributed by atoms with Gasteiger partial charge in [-0.25, -0.2) is 8.78 Å². The van der Waals surface area contributed by atoms with Gasteiger partial charge in [-0.1, -0.05) is 90.2 Å². The number of thiophene rings is 2. The molecule has 0 aliphatic heterocycles. The summed E-state index contributed by atoms with van der Waals surface area (Å²) in [6, 6.07) is 7.35. The number of nitrogens with zero attached hydrogens (tertiary/aromatic N) is 3. The Bertz CT molecular complexity index is 1140. The molecule has 3 nitrogen and oxygen atoms in total. The molecule has 4 rings (SSSR count). The maximum Gasteiger partial charge on any atom is 0.170 e. The number of fused-ring (bicyclic) bond motifs is 1. The number of unbranched alkanes of at least 4 members (excludes halogenated alkanes) is 8. The van der Waals surface area contributed by atoms with Gasteiger partial charge in [0.15, 0.2) is 11.6 Å². The molecule has 200 valence electrons. The largest absolute Gasteiger partial charge is 0.203 e. The van der Waals surface area contributed by atoms with Crippen molar-refractivity contribution >= 4 is 33.7 Å². The smallest absolute Gasteiger partial charge is 0.170 e. The van der Waals surface area contributed by atoms with Crippen LogP contribution in [0.2, 0.25) is 0 Å². The minimum atomic E-state index is -0.839. The summed E-state index contributed by atoms with van der Waals surface area (Å²) in [5.41, 5.74) is 1.36. The molecule has 0 radical (unpaired) electrons. The van der Waals surface area contributed by atoms with Crippen LogP contribution >= 0.6 is 22.7 Å². The van der Waals surface area contributed by atoms with Crippen molar-refractivity contribution < 1.29 is 8.78 Å². The molecule has 0 bridgehead atoms. The Labute approximate surface area is 227 Å². The van der Waals surface area contributed by atoms with Crippen molar-refractivity contribution in [3.05, 3.63) is 46.7 Å². The summed E-state index contributed by atoms with van der Waals surface area (Å²) in [4.78, 5) is 3.07. The van der Waals surface area contributed by atoms with Crippen molar-refractivity contribution in [2.75, 3.05) is 0 Å². The van der Waals surface area contributed by atoms with Crippen LogP contribution in [-0.2, 0) is 6.54 Å². The fourth-order valence-electron chi connectivity index (χ4n) is 5.12. The molecule has 0 aliphatic carbocycles. The second kappa shape index (κ2) is 14.1. The van der Waals surface area contributed by atoms with Gasteiger partial charge in [0, 0.05) is 9.75 Å². The van der Waals surface area contributed by atoms with Crippen LogP contribution in [0.25, 0.3) is 31.9 Å². The summed E-state index contributed by atoms with van der Waals surface area (Å²) in [5.74, 6) is -1.21. The molecule has 3 aromatic heterocycles. The molecule has 0 spiro atoms. The first-order valence-electron chi connectivity index (χ1n) is 14.0. The third kappa shape index (κ3) is 7.05. The first-order chi connectivity index (χ1) is 18.1. The van der Waals surface area contributed by atoms with Crippen molar-refractivity contribution in [3.8, 4) is 20.9 Å². The summed E-state index contributed by atoms with van der Waals surface area (Å²) < 4.78 is 31.0. The molecule has 0 aliphatic rings. The lowest BCUT2D eigenvalue weighted by atomic mass is 9.94. The Morgan fingerprint density at radius 3 is 1.62 bits per heavy atom. The average molecular weight is 544 g/mol. The lowest BCUT2D eigenvalue weighted by Crippen LogP contribution is -2.14. The van der Waals surface area contributed by atoms with E-state index in [1.165, 1.54) is 86.9 Å². The van der Waals surface area contributed by atoms with Crippen molar-refractivity contribution in [3.63, 3.8) is 0 Å². The summed E-state index contributed by atoms with van der Waals surface area (Å²) in [6.45, 7) is 5.17. The van der Waals surface area contributed by atoms with E-state index >= 15 is 8.78 Å². The number of hydrogen-bond donors (Lipinski definition) is 0. The minimum Gasteiger partial charge on any atom is -0.203 e. The van der Waals surface area contributed by atoms with Crippen LogP contribution in [0.3, 0.4) is 0 Å². The molecule has 1 aromatic carbocycles. The van der Waals surface area contributed by atoms with Crippen LogP contribution in [0.15, 0.2) is 35.0 Å². The van der Waals surface area contributed by atoms with Crippen molar-refractivity contribution in [2.24, 2.45) is 5.92 Å². The molecule has 1 unspecified atom stereocenters. The normalized spacial score (nSPS) is 12.5. The topological polar surface area (TPSA) is 30.7 Å². The third-order valence-electron chi connectivity index (χ3n) is 7.15. The van der Waals surface area contributed by atoms with Crippen LogP contribution < -0.4 is 0 Å². The summed E-state index contributed by atoms with van der Waals surface area (Å²) in [6.07, 6.45) is 14.9. The first kappa shape index (κ1) is 27.9. The molecular formula is C30H39F2N3S2. The summed E-state index contributed by atoms with van der Waals surface area (Å²) in [5, 5.41) is 13.4. The summed E-state index contributed by atoms with van der Waals surface area (Å²) >= 11 is 2.79. The van der Waals surface area contributed by atoms with E-state index in [-0.39, 0.29) is 11.1 Å². The van der Waals surface area contributed by atoms with Crippen molar-refractivity contribution in [1.29, 1.82) is 0 Å². The highest BCUT2D eigenvalue weighted by molar-refractivity contribution is 7.14. The standard InChI is InChI=1S/C30H39F2N3S2/c1-3-5-7-9-10-12-16-22(15-11-8-6-4-2)21-35-33-29-25(23-17-13-19-36-23)27(31)28(32)26(30(29)34-35)24-18-14-20-37-24/h13-14,17-20,22H,3-12,15-16,21H2,1-2H3. The van der Waals surface area contributed by atoms with Crippen molar-refractivity contribution in [1.82, 2.24) is 15.0 Å². The van der Waals surface area contributed by atoms with Gasteiger partial charge < -0.3 is 0 Å². The van der Waals surface area contributed by atoms with E-state index in [9.17, 15) is 0 Å². The number of aromatic nitrogens is 3. The zero-order valence-electron chi connectivity index (χ0n) is 22.1. The lowest BCUT2D eigenvalue weighted by molar-refractivity contribution is 0.327. The Morgan fingerprint density at radius 2 is 1.16 bits per heavy atom. The van der Waals surface area contributed by atoms with Crippen LogP contribution in [0.5, 0.6) is 0 Å². The van der Waals surface area contributed by atoms with E-state index in [1.807, 2.05) is 35.0 Å². The van der Waals surface area contributed by atoms with E-state index in [0.29, 0.717) is 33.3 Å². The second-order valence-electron chi connectivity index (χ2n) is 10.1. The highest BCUT2D eigenvalue weighted by atomic mass is 32.1. The molecule has 0 N–H and O–H groups in total. The fraction of sp³-hybridized carbons (Fsp3) is 0.533. The molecule has 0 fully saturated rings. The zero-order chi connectivity index (χ0) is 26.0. The molecule has 4 aromatic rings. The number of halogens is 2. The molecular weight excluding hydrogens is 504 g/mol. The summed E-state index contributed by atoms with van der Waals surface area (Å²) in [7, 11) is 0. The van der Waals surface area contributed by atoms with Gasteiger partial charge in [0.2, 0.25) is 0 Å². The molecule has 7 heteroatoms. The quantitative estimate of drug-likeness (QED) is 0.132. The van der Waals surface area contributed by atoms with Gasteiger partial charge in [-0.15, -0.1) is 22.7 Å². The average Bonchev–Trinajstić information content (AvgIpc) is 3.67. The van der Waals surface area contributed by atoms with Crippen LogP contribution in [0, 0.1) is 17.6 Å². The SMILES string of the molecule is CCCCCCCCC(CCCCCC)Cn1nc2c(-c3cccs3)c(F)c(F)c(-c3cccs3)c2n1. The Kier molecular flexibility index (Phi) is 10.7. The van der Waals surface area contributed by atoms with Crippen molar-refractivity contribution in [2.45, 2.75) is 97.4 Å². The number of benzene rings is 1. The van der Waals surface area contributed by atoms with Crippen LogP contribution in [-0.4, -0.2) is 15.0 Å². The van der Waals surface area contributed by atoms with Gasteiger partial charge in [-0.2, -0.15) is 15.0 Å². The second-order valence-corrected chi connectivity index (χ2v) is 12.0. The van der Waals surface area contributed by atoms with Gasteiger partial charge in [0.1, 0.15) is 11.0 Å². The lowest BCUT2D eigenvalue weighted by Gasteiger charge is -2.16.